The van der Waals surface area contributed by atoms with Gasteiger partial charge in [-0.1, -0.05) is 11.6 Å². The number of carbonyl (C=O) groups is 2. The van der Waals surface area contributed by atoms with E-state index in [0.29, 0.717) is 10.6 Å². The molecule has 6 heteroatoms. The van der Waals surface area contributed by atoms with Gasteiger partial charge in [-0.05, 0) is 31.2 Å². The van der Waals surface area contributed by atoms with E-state index in [1.54, 1.807) is 30.3 Å². The SMILES string of the molecule is C[C@@H](C#N)OC(=O)CCNC(=O)c1ccc(Cl)cc1. The van der Waals surface area contributed by atoms with Gasteiger partial charge in [0, 0.05) is 17.1 Å². The summed E-state index contributed by atoms with van der Waals surface area (Å²) in [7, 11) is 0. The number of amides is 1. The van der Waals surface area contributed by atoms with Crippen LogP contribution in [0.15, 0.2) is 24.3 Å². The van der Waals surface area contributed by atoms with Crippen LogP contribution < -0.4 is 5.32 Å². The lowest BCUT2D eigenvalue weighted by molar-refractivity contribution is -0.145. The summed E-state index contributed by atoms with van der Waals surface area (Å²) in [6, 6.07) is 8.19. The van der Waals surface area contributed by atoms with Crippen molar-refractivity contribution in [3.05, 3.63) is 34.9 Å². The number of hydrogen-bond acceptors (Lipinski definition) is 4. The highest BCUT2D eigenvalue weighted by Crippen LogP contribution is 2.09. The Morgan fingerprint density at radius 2 is 2.05 bits per heavy atom. The Bertz CT molecular complexity index is 494. The van der Waals surface area contributed by atoms with E-state index in [1.165, 1.54) is 6.92 Å². The van der Waals surface area contributed by atoms with E-state index in [0.717, 1.165) is 0 Å². The molecule has 1 rings (SSSR count). The van der Waals surface area contributed by atoms with Crippen molar-refractivity contribution >= 4 is 23.5 Å². The minimum Gasteiger partial charge on any atom is -0.447 e. The summed E-state index contributed by atoms with van der Waals surface area (Å²) >= 11 is 5.71. The van der Waals surface area contributed by atoms with Gasteiger partial charge in [-0.3, -0.25) is 9.59 Å². The predicted octanol–water partition coefficient (Wildman–Crippen LogP) is 1.92. The molecule has 1 aromatic rings. The molecule has 1 atom stereocenters. The Hall–Kier alpha value is -2.06. The van der Waals surface area contributed by atoms with Crippen molar-refractivity contribution in [2.75, 3.05) is 6.54 Å². The van der Waals surface area contributed by atoms with Crippen molar-refractivity contribution in [3.63, 3.8) is 0 Å². The predicted molar refractivity (Wildman–Crippen MR) is 69.6 cm³/mol. The number of benzene rings is 1. The zero-order chi connectivity index (χ0) is 14.3. The number of ether oxygens (including phenoxy) is 1. The molecule has 0 radical (unpaired) electrons. The number of esters is 1. The van der Waals surface area contributed by atoms with E-state index in [-0.39, 0.29) is 18.9 Å². The van der Waals surface area contributed by atoms with Crippen LogP contribution in [0, 0.1) is 11.3 Å². The smallest absolute Gasteiger partial charge is 0.308 e. The molecule has 0 fully saturated rings. The third-order valence-electron chi connectivity index (χ3n) is 2.21. The first-order valence-corrected chi connectivity index (χ1v) is 6.03. The molecule has 1 amide bonds. The molecule has 1 aromatic carbocycles. The van der Waals surface area contributed by atoms with Crippen LogP contribution >= 0.6 is 11.6 Å². The van der Waals surface area contributed by atoms with Crippen LogP contribution in [-0.2, 0) is 9.53 Å². The van der Waals surface area contributed by atoms with E-state index >= 15 is 0 Å². The van der Waals surface area contributed by atoms with Crippen molar-refractivity contribution in [1.82, 2.24) is 5.32 Å². The summed E-state index contributed by atoms with van der Waals surface area (Å²) in [5.41, 5.74) is 0.461. The Labute approximate surface area is 116 Å². The zero-order valence-electron chi connectivity index (χ0n) is 10.4. The third kappa shape index (κ3) is 5.40. The number of hydrogen-bond donors (Lipinski definition) is 1. The lowest BCUT2D eigenvalue weighted by atomic mass is 10.2. The highest BCUT2D eigenvalue weighted by Gasteiger charge is 2.09. The van der Waals surface area contributed by atoms with E-state index < -0.39 is 12.1 Å². The molecule has 0 unspecified atom stereocenters. The Balaban J connectivity index is 2.33. The van der Waals surface area contributed by atoms with Gasteiger partial charge >= 0.3 is 5.97 Å². The quantitative estimate of drug-likeness (QED) is 0.836. The van der Waals surface area contributed by atoms with Gasteiger partial charge in [-0.25, -0.2) is 0 Å². The molecule has 0 saturated heterocycles. The maximum atomic E-state index is 11.7. The Morgan fingerprint density at radius 3 is 2.63 bits per heavy atom. The molecule has 0 spiro atoms. The molecule has 1 N–H and O–H groups in total. The van der Waals surface area contributed by atoms with Crippen LogP contribution in [0.4, 0.5) is 0 Å². The average molecular weight is 281 g/mol. The number of nitrogens with zero attached hydrogens (tertiary/aromatic N) is 1. The molecule has 0 saturated carbocycles. The Morgan fingerprint density at radius 1 is 1.42 bits per heavy atom. The fourth-order valence-corrected chi connectivity index (χ4v) is 1.39. The van der Waals surface area contributed by atoms with Crippen LogP contribution in [0.3, 0.4) is 0 Å². The summed E-state index contributed by atoms with van der Waals surface area (Å²) in [6.45, 7) is 1.63. The molecule has 0 bridgehead atoms. The van der Waals surface area contributed by atoms with Crippen molar-refractivity contribution in [3.8, 4) is 6.07 Å². The second-order valence-electron chi connectivity index (χ2n) is 3.77. The monoisotopic (exact) mass is 280 g/mol. The molecule has 0 aliphatic carbocycles. The lowest BCUT2D eigenvalue weighted by Crippen LogP contribution is -2.27. The lowest BCUT2D eigenvalue weighted by Gasteiger charge is -2.07. The minimum atomic E-state index is -0.778. The van der Waals surface area contributed by atoms with Crippen LogP contribution in [0.25, 0.3) is 0 Å². The van der Waals surface area contributed by atoms with Gasteiger partial charge in [0.2, 0.25) is 0 Å². The van der Waals surface area contributed by atoms with Gasteiger partial charge < -0.3 is 10.1 Å². The molecule has 0 heterocycles. The summed E-state index contributed by atoms with van der Waals surface area (Å²) in [6.07, 6.45) is -0.759. The number of halogens is 1. The first-order valence-electron chi connectivity index (χ1n) is 5.66. The topological polar surface area (TPSA) is 79.2 Å². The number of rotatable bonds is 5. The third-order valence-corrected chi connectivity index (χ3v) is 2.46. The van der Waals surface area contributed by atoms with Gasteiger partial charge in [0.05, 0.1) is 6.42 Å². The maximum absolute atomic E-state index is 11.7. The van der Waals surface area contributed by atoms with Crippen molar-refractivity contribution < 1.29 is 14.3 Å². The molecule has 100 valence electrons. The molecule has 0 aromatic heterocycles. The summed E-state index contributed by atoms with van der Waals surface area (Å²) in [5.74, 6) is -0.816. The van der Waals surface area contributed by atoms with Gasteiger partial charge in [-0.15, -0.1) is 0 Å². The number of nitriles is 1. The molecule has 19 heavy (non-hydrogen) atoms. The van der Waals surface area contributed by atoms with Gasteiger partial charge in [0.25, 0.3) is 5.91 Å². The van der Waals surface area contributed by atoms with Gasteiger partial charge in [-0.2, -0.15) is 5.26 Å². The van der Waals surface area contributed by atoms with Crippen molar-refractivity contribution in [2.45, 2.75) is 19.4 Å². The number of nitrogens with one attached hydrogen (secondary N) is 1. The standard InChI is InChI=1S/C13H13ClN2O3/c1-9(8-15)19-12(17)6-7-16-13(18)10-2-4-11(14)5-3-10/h2-5,9H,6-7H2,1H3,(H,16,18)/t9-/m0/s1. The first-order chi connectivity index (χ1) is 9.02. The van der Waals surface area contributed by atoms with Crippen LogP contribution in [0.2, 0.25) is 5.02 Å². The van der Waals surface area contributed by atoms with Crippen LogP contribution in [-0.4, -0.2) is 24.5 Å². The fraction of sp³-hybridized carbons (Fsp3) is 0.308. The highest BCUT2D eigenvalue weighted by atomic mass is 35.5. The van der Waals surface area contributed by atoms with Crippen molar-refractivity contribution in [1.29, 1.82) is 5.26 Å². The minimum absolute atomic E-state index is 0.0192. The largest absolute Gasteiger partial charge is 0.447 e. The molecular weight excluding hydrogens is 268 g/mol. The van der Waals surface area contributed by atoms with E-state index in [4.69, 9.17) is 21.6 Å². The van der Waals surface area contributed by atoms with Crippen molar-refractivity contribution in [2.24, 2.45) is 0 Å². The van der Waals surface area contributed by atoms with Gasteiger partial charge in [0.1, 0.15) is 6.07 Å². The number of carbonyl (C=O) groups excluding carboxylic acids is 2. The highest BCUT2D eigenvalue weighted by molar-refractivity contribution is 6.30. The average Bonchev–Trinajstić information content (AvgIpc) is 2.39. The molecule has 5 nitrogen and oxygen atoms in total. The summed E-state index contributed by atoms with van der Waals surface area (Å²) in [5, 5.41) is 11.6. The summed E-state index contributed by atoms with van der Waals surface area (Å²) < 4.78 is 4.73. The summed E-state index contributed by atoms with van der Waals surface area (Å²) in [4.78, 5) is 22.9. The van der Waals surface area contributed by atoms with E-state index in [2.05, 4.69) is 5.32 Å². The second-order valence-corrected chi connectivity index (χ2v) is 4.21. The van der Waals surface area contributed by atoms with E-state index in [1.807, 2.05) is 0 Å². The van der Waals surface area contributed by atoms with Gasteiger partial charge in [0.15, 0.2) is 6.10 Å². The fourth-order valence-electron chi connectivity index (χ4n) is 1.26. The Kier molecular flexibility index (Phi) is 5.83. The van der Waals surface area contributed by atoms with Crippen LogP contribution in [0.1, 0.15) is 23.7 Å². The molecule has 0 aliphatic heterocycles. The van der Waals surface area contributed by atoms with Crippen LogP contribution in [0.5, 0.6) is 0 Å². The molecular formula is C13H13ClN2O3. The molecule has 0 aliphatic rings. The first kappa shape index (κ1) is 15.0. The zero-order valence-corrected chi connectivity index (χ0v) is 11.1. The van der Waals surface area contributed by atoms with E-state index in [9.17, 15) is 9.59 Å². The maximum Gasteiger partial charge on any atom is 0.308 e. The second kappa shape index (κ2) is 7.39. The normalized spacial score (nSPS) is 11.2.